The van der Waals surface area contributed by atoms with Gasteiger partial charge in [0.1, 0.15) is 11.5 Å². The highest BCUT2D eigenvalue weighted by Gasteiger charge is 2.13. The lowest BCUT2D eigenvalue weighted by molar-refractivity contribution is 0.119. The molecule has 0 radical (unpaired) electrons. The number of aliphatic hydroxyl groups is 1. The average Bonchev–Trinajstić information content (AvgIpc) is 3.15. The summed E-state index contributed by atoms with van der Waals surface area (Å²) in [5.74, 6) is 1.38. The Hall–Kier alpha value is -2.52. The van der Waals surface area contributed by atoms with Crippen molar-refractivity contribution in [3.8, 4) is 11.5 Å². The van der Waals surface area contributed by atoms with Crippen LogP contribution in [0.1, 0.15) is 23.7 Å². The lowest BCUT2D eigenvalue weighted by Crippen LogP contribution is -2.27. The zero-order chi connectivity index (χ0) is 22.3. The van der Waals surface area contributed by atoms with Crippen LogP contribution in [0.3, 0.4) is 0 Å². The average molecular weight is 441 g/mol. The molecule has 1 atom stereocenters. The summed E-state index contributed by atoms with van der Waals surface area (Å²) in [7, 11) is -1.09. The van der Waals surface area contributed by atoms with E-state index in [0.29, 0.717) is 24.6 Å². The molecule has 1 unspecified atom stereocenters. The first kappa shape index (κ1) is 23.1. The highest BCUT2D eigenvalue weighted by Crippen LogP contribution is 2.25. The predicted molar refractivity (Wildman–Crippen MR) is 126 cm³/mol. The molecule has 0 aliphatic heterocycles. The van der Waals surface area contributed by atoms with Gasteiger partial charge in [0, 0.05) is 27.1 Å². The molecule has 0 amide bonds. The number of benzene rings is 1. The van der Waals surface area contributed by atoms with E-state index < -0.39 is 8.07 Å². The van der Waals surface area contributed by atoms with Gasteiger partial charge in [-0.2, -0.15) is 5.10 Å². The standard InChI is InChI=1S/C23H32N4O3Si/c1-31(2,3)13-12-29-17-25-23(10-11-24)18-4-7-21(8-5-18)30-22-9-6-20-14-19(16-28)26-27(20)15-22/h4-9,11,14-15,23-25,28H,10,12-13,16-17H2,1-3H3. The molecule has 0 saturated carbocycles. The smallest absolute Gasteiger partial charge is 0.145 e. The Morgan fingerprint density at radius 1 is 1.16 bits per heavy atom. The number of nitrogens with zero attached hydrogens (tertiary/aromatic N) is 2. The van der Waals surface area contributed by atoms with E-state index in [9.17, 15) is 5.11 Å². The number of aromatic nitrogens is 2. The fourth-order valence-corrected chi connectivity index (χ4v) is 3.88. The summed E-state index contributed by atoms with van der Waals surface area (Å²) < 4.78 is 13.4. The summed E-state index contributed by atoms with van der Waals surface area (Å²) in [6.07, 6.45) is 3.81. The number of hydrogen-bond acceptors (Lipinski definition) is 6. The number of ether oxygens (including phenoxy) is 2. The van der Waals surface area contributed by atoms with E-state index in [0.717, 1.165) is 29.5 Å². The van der Waals surface area contributed by atoms with Gasteiger partial charge < -0.3 is 20.0 Å². The number of pyridine rings is 1. The molecular formula is C23H32N4O3Si. The molecule has 8 heteroatoms. The van der Waals surface area contributed by atoms with Crippen LogP contribution in [0.25, 0.3) is 5.52 Å². The fraction of sp³-hybridized carbons (Fsp3) is 0.391. The number of fused-ring (bicyclic) bond motifs is 1. The van der Waals surface area contributed by atoms with Crippen molar-refractivity contribution < 1.29 is 14.6 Å². The molecular weight excluding hydrogens is 408 g/mol. The summed E-state index contributed by atoms with van der Waals surface area (Å²) >= 11 is 0. The van der Waals surface area contributed by atoms with E-state index in [-0.39, 0.29) is 12.6 Å². The first-order valence-corrected chi connectivity index (χ1v) is 14.3. The summed E-state index contributed by atoms with van der Waals surface area (Å²) in [5, 5.41) is 24.4. The topological polar surface area (TPSA) is 91.9 Å². The van der Waals surface area contributed by atoms with Gasteiger partial charge in [-0.05, 0) is 48.2 Å². The lowest BCUT2D eigenvalue weighted by Gasteiger charge is -2.19. The van der Waals surface area contributed by atoms with Gasteiger partial charge in [-0.15, -0.1) is 0 Å². The molecule has 0 saturated heterocycles. The van der Waals surface area contributed by atoms with Crippen LogP contribution in [0.2, 0.25) is 25.7 Å². The zero-order valence-corrected chi connectivity index (χ0v) is 19.5. The molecule has 0 bridgehead atoms. The molecule has 0 spiro atoms. The molecule has 2 aromatic heterocycles. The van der Waals surface area contributed by atoms with Crippen molar-refractivity contribution in [1.29, 1.82) is 5.41 Å². The minimum absolute atomic E-state index is 0.0239. The van der Waals surface area contributed by atoms with E-state index in [4.69, 9.17) is 14.9 Å². The van der Waals surface area contributed by atoms with Gasteiger partial charge in [-0.1, -0.05) is 31.8 Å². The number of hydrogen-bond donors (Lipinski definition) is 3. The highest BCUT2D eigenvalue weighted by atomic mass is 28.3. The third-order valence-corrected chi connectivity index (χ3v) is 6.65. The van der Waals surface area contributed by atoms with Gasteiger partial charge in [0.15, 0.2) is 0 Å². The van der Waals surface area contributed by atoms with Crippen LogP contribution in [0.15, 0.2) is 48.7 Å². The normalized spacial score (nSPS) is 12.8. The molecule has 31 heavy (non-hydrogen) atoms. The van der Waals surface area contributed by atoms with Gasteiger partial charge >= 0.3 is 0 Å². The van der Waals surface area contributed by atoms with Gasteiger partial charge in [-0.25, -0.2) is 4.52 Å². The summed E-state index contributed by atoms with van der Waals surface area (Å²) in [6.45, 7) is 8.17. The number of nitrogens with one attached hydrogen (secondary N) is 2. The van der Waals surface area contributed by atoms with Crippen LogP contribution in [-0.2, 0) is 11.3 Å². The molecule has 0 aliphatic rings. The number of rotatable bonds is 12. The Bertz CT molecular complexity index is 983. The van der Waals surface area contributed by atoms with Crippen molar-refractivity contribution in [1.82, 2.24) is 14.9 Å². The van der Waals surface area contributed by atoms with Crippen LogP contribution in [0, 0.1) is 5.41 Å². The Labute approximate surface area is 184 Å². The number of aliphatic hydroxyl groups excluding tert-OH is 1. The van der Waals surface area contributed by atoms with E-state index in [2.05, 4.69) is 30.1 Å². The van der Waals surface area contributed by atoms with Crippen molar-refractivity contribution in [2.24, 2.45) is 0 Å². The largest absolute Gasteiger partial charge is 0.456 e. The van der Waals surface area contributed by atoms with Gasteiger partial charge in [0.05, 0.1) is 30.7 Å². The third kappa shape index (κ3) is 7.00. The summed E-state index contributed by atoms with van der Waals surface area (Å²) in [5.41, 5.74) is 2.61. The lowest BCUT2D eigenvalue weighted by atomic mass is 10.0. The van der Waals surface area contributed by atoms with Crippen LogP contribution >= 0.6 is 0 Å². The maximum Gasteiger partial charge on any atom is 0.145 e. The van der Waals surface area contributed by atoms with Crippen molar-refractivity contribution >= 4 is 19.8 Å². The molecule has 3 rings (SSSR count). The molecule has 0 fully saturated rings. The Balaban J connectivity index is 1.58. The van der Waals surface area contributed by atoms with Gasteiger partial charge in [-0.3, -0.25) is 5.32 Å². The second-order valence-electron chi connectivity index (χ2n) is 8.76. The SMILES string of the molecule is C[Si](C)(C)CCOCNC(CC=N)c1ccc(Oc2ccc3cc(CO)nn3c2)cc1. The maximum atomic E-state index is 9.23. The first-order chi connectivity index (χ1) is 14.9. The molecule has 3 aromatic rings. The summed E-state index contributed by atoms with van der Waals surface area (Å²) in [6, 6.07) is 14.6. The maximum absolute atomic E-state index is 9.23. The van der Waals surface area contributed by atoms with Crippen molar-refractivity contribution in [3.63, 3.8) is 0 Å². The molecule has 7 nitrogen and oxygen atoms in total. The van der Waals surface area contributed by atoms with Crippen molar-refractivity contribution in [3.05, 3.63) is 59.9 Å². The van der Waals surface area contributed by atoms with Crippen LogP contribution < -0.4 is 10.1 Å². The van der Waals surface area contributed by atoms with Gasteiger partial charge in [0.25, 0.3) is 0 Å². The van der Waals surface area contributed by atoms with E-state index >= 15 is 0 Å². The molecule has 1 aromatic carbocycles. The first-order valence-electron chi connectivity index (χ1n) is 10.5. The fourth-order valence-electron chi connectivity index (χ4n) is 3.13. The van der Waals surface area contributed by atoms with E-state index in [1.807, 2.05) is 42.5 Å². The predicted octanol–water partition coefficient (Wildman–Crippen LogP) is 4.60. The molecule has 2 heterocycles. The van der Waals surface area contributed by atoms with Gasteiger partial charge in [0.2, 0.25) is 0 Å². The Kier molecular flexibility index (Phi) is 7.97. The monoisotopic (exact) mass is 440 g/mol. The third-order valence-electron chi connectivity index (χ3n) is 4.95. The molecule has 3 N–H and O–H groups in total. The minimum atomic E-state index is -1.09. The van der Waals surface area contributed by atoms with E-state index in [1.54, 1.807) is 10.7 Å². The highest BCUT2D eigenvalue weighted by molar-refractivity contribution is 6.76. The Morgan fingerprint density at radius 3 is 2.58 bits per heavy atom. The second-order valence-corrected chi connectivity index (χ2v) is 14.4. The van der Waals surface area contributed by atoms with Crippen molar-refractivity contribution in [2.75, 3.05) is 13.3 Å². The van der Waals surface area contributed by atoms with Crippen LogP contribution in [0.5, 0.6) is 11.5 Å². The molecule has 166 valence electrons. The summed E-state index contributed by atoms with van der Waals surface area (Å²) in [4.78, 5) is 0. The van der Waals surface area contributed by atoms with Crippen LogP contribution in [-0.4, -0.2) is 42.3 Å². The van der Waals surface area contributed by atoms with Crippen molar-refractivity contribution in [2.45, 2.75) is 44.8 Å². The minimum Gasteiger partial charge on any atom is -0.456 e. The second kappa shape index (κ2) is 10.7. The quantitative estimate of drug-likeness (QED) is 0.166. The van der Waals surface area contributed by atoms with Crippen LogP contribution in [0.4, 0.5) is 0 Å². The Morgan fingerprint density at radius 2 is 1.90 bits per heavy atom. The van der Waals surface area contributed by atoms with E-state index in [1.165, 1.54) is 6.21 Å². The zero-order valence-electron chi connectivity index (χ0n) is 18.5. The molecule has 0 aliphatic carbocycles.